The lowest BCUT2D eigenvalue weighted by atomic mass is 9.96. The van der Waals surface area contributed by atoms with Crippen LogP contribution in [-0.4, -0.2) is 68.0 Å². The van der Waals surface area contributed by atoms with Crippen LogP contribution in [0.3, 0.4) is 0 Å². The van der Waals surface area contributed by atoms with Crippen LogP contribution < -0.4 is 5.32 Å². The fourth-order valence-electron chi connectivity index (χ4n) is 4.56. The minimum atomic E-state index is -0.543. The van der Waals surface area contributed by atoms with E-state index in [1.807, 2.05) is 42.8 Å². The topological polar surface area (TPSA) is 126 Å². The summed E-state index contributed by atoms with van der Waals surface area (Å²) in [5.41, 5.74) is 1.68. The zero-order valence-electron chi connectivity index (χ0n) is 20.9. The van der Waals surface area contributed by atoms with E-state index >= 15 is 0 Å². The Kier molecular flexibility index (Phi) is 6.75. The van der Waals surface area contributed by atoms with E-state index in [1.165, 1.54) is 0 Å². The second-order valence-corrected chi connectivity index (χ2v) is 9.96. The maximum absolute atomic E-state index is 12.6. The number of aromatic nitrogens is 4. The first kappa shape index (κ1) is 24.6. The minimum absolute atomic E-state index is 0.0325. The summed E-state index contributed by atoms with van der Waals surface area (Å²) in [6.07, 6.45) is 3.19. The van der Waals surface area contributed by atoms with Crippen molar-refractivity contribution in [1.82, 2.24) is 30.1 Å². The van der Waals surface area contributed by atoms with E-state index in [9.17, 15) is 14.7 Å². The zero-order chi connectivity index (χ0) is 26.0. The number of aliphatic hydroxyl groups excluding tert-OH is 1. The Morgan fingerprint density at radius 2 is 1.89 bits per heavy atom. The highest BCUT2D eigenvalue weighted by Gasteiger charge is 2.28. The highest BCUT2D eigenvalue weighted by atomic mass is 16.5. The number of hydrogen-bond donors (Lipinski definition) is 2. The fraction of sp³-hybridized carbons (Fsp3) is 0.370. The molecule has 1 fully saturated rings. The number of fused-ring (bicyclic) bond motifs is 1. The molecule has 10 heteroatoms. The van der Waals surface area contributed by atoms with E-state index in [4.69, 9.17) is 4.52 Å². The smallest absolute Gasteiger partial charge is 0.251 e. The third-order valence-corrected chi connectivity index (χ3v) is 6.86. The van der Waals surface area contributed by atoms with Gasteiger partial charge in [-0.15, -0.1) is 0 Å². The normalized spacial score (nSPS) is 14.7. The molecule has 1 aliphatic rings. The van der Waals surface area contributed by atoms with Crippen LogP contribution in [0.1, 0.15) is 48.9 Å². The number of piperidine rings is 1. The van der Waals surface area contributed by atoms with Crippen LogP contribution in [0.15, 0.2) is 59.3 Å². The number of amides is 2. The first-order chi connectivity index (χ1) is 17.9. The number of rotatable bonds is 7. The molecule has 0 aliphatic carbocycles. The Morgan fingerprint density at radius 3 is 2.62 bits per heavy atom. The number of hydrogen-bond acceptors (Lipinski definition) is 7. The van der Waals surface area contributed by atoms with Gasteiger partial charge in [-0.25, -0.2) is 0 Å². The van der Waals surface area contributed by atoms with Crippen LogP contribution in [0.2, 0.25) is 0 Å². The quantitative estimate of drug-likeness (QED) is 0.398. The van der Waals surface area contributed by atoms with Gasteiger partial charge in [0.1, 0.15) is 0 Å². The van der Waals surface area contributed by atoms with Gasteiger partial charge in [0, 0.05) is 35.5 Å². The molecule has 1 aliphatic heterocycles. The number of aliphatic hydroxyl groups is 1. The molecule has 0 unspecified atom stereocenters. The van der Waals surface area contributed by atoms with Gasteiger partial charge in [0.15, 0.2) is 0 Å². The minimum Gasteiger partial charge on any atom is -0.394 e. The molecule has 3 heterocycles. The molecule has 1 saturated heterocycles. The molecule has 192 valence electrons. The molecule has 0 atom stereocenters. The molecule has 2 aromatic carbocycles. The van der Waals surface area contributed by atoms with Crippen LogP contribution >= 0.6 is 0 Å². The van der Waals surface area contributed by atoms with Crippen LogP contribution in [-0.2, 0) is 10.3 Å². The average Bonchev–Trinajstić information content (AvgIpc) is 3.60. The molecular weight excluding hydrogens is 472 g/mol. The van der Waals surface area contributed by atoms with Crippen molar-refractivity contribution < 1.29 is 19.2 Å². The van der Waals surface area contributed by atoms with E-state index < -0.39 is 5.54 Å². The summed E-state index contributed by atoms with van der Waals surface area (Å²) in [6.45, 7) is 4.89. The van der Waals surface area contributed by atoms with Gasteiger partial charge in [-0.3, -0.25) is 14.3 Å². The molecule has 0 radical (unpaired) electrons. The molecule has 5 rings (SSSR count). The summed E-state index contributed by atoms with van der Waals surface area (Å²) >= 11 is 0. The lowest BCUT2D eigenvalue weighted by Crippen LogP contribution is -2.43. The second kappa shape index (κ2) is 10.1. The first-order valence-corrected chi connectivity index (χ1v) is 12.4. The molecule has 0 bridgehead atoms. The predicted octanol–water partition coefficient (Wildman–Crippen LogP) is 2.95. The van der Waals surface area contributed by atoms with E-state index in [0.29, 0.717) is 43.2 Å². The third-order valence-electron chi connectivity index (χ3n) is 6.86. The van der Waals surface area contributed by atoms with Gasteiger partial charge < -0.3 is 19.8 Å². The van der Waals surface area contributed by atoms with E-state index in [-0.39, 0.29) is 30.9 Å². The van der Waals surface area contributed by atoms with Crippen LogP contribution in [0.25, 0.3) is 22.3 Å². The Morgan fingerprint density at radius 1 is 1.14 bits per heavy atom. The van der Waals surface area contributed by atoms with Gasteiger partial charge in [0.2, 0.25) is 17.6 Å². The highest BCUT2D eigenvalue weighted by molar-refractivity contribution is 5.96. The van der Waals surface area contributed by atoms with Gasteiger partial charge in [0.05, 0.1) is 30.4 Å². The number of nitrogens with one attached hydrogen (secondary N) is 1. The third kappa shape index (κ3) is 5.10. The maximum Gasteiger partial charge on any atom is 0.251 e. The standard InChI is InChI=1S/C27H30N6O4/c1-27(2,17-34)33-22-14-20(8-9-21(22)15-29-33)24-30-26(37-31-24)19-10-12-32(13-11-19)23(35)16-28-25(36)18-6-4-3-5-7-18/h3-9,14-15,19,34H,10-13,16-17H2,1-2H3,(H,28,36). The molecule has 0 saturated carbocycles. The Bertz CT molecular complexity index is 1400. The predicted molar refractivity (Wildman–Crippen MR) is 137 cm³/mol. The lowest BCUT2D eigenvalue weighted by molar-refractivity contribution is -0.131. The molecule has 10 nitrogen and oxygen atoms in total. The highest BCUT2D eigenvalue weighted by Crippen LogP contribution is 2.30. The number of carbonyl (C=O) groups is 2. The van der Waals surface area contributed by atoms with Crippen molar-refractivity contribution in [2.45, 2.75) is 38.1 Å². The van der Waals surface area contributed by atoms with Crippen LogP contribution in [0.4, 0.5) is 0 Å². The number of nitrogens with zero attached hydrogens (tertiary/aromatic N) is 5. The van der Waals surface area contributed by atoms with Crippen molar-refractivity contribution in [2.24, 2.45) is 0 Å². The lowest BCUT2D eigenvalue weighted by Gasteiger charge is -2.30. The van der Waals surface area contributed by atoms with Crippen molar-refractivity contribution in [2.75, 3.05) is 26.2 Å². The van der Waals surface area contributed by atoms with Gasteiger partial charge in [-0.1, -0.05) is 35.5 Å². The van der Waals surface area contributed by atoms with Gasteiger partial charge in [-0.05, 0) is 44.9 Å². The molecule has 2 aromatic heterocycles. The molecule has 0 spiro atoms. The zero-order valence-corrected chi connectivity index (χ0v) is 20.9. The summed E-state index contributed by atoms with van der Waals surface area (Å²) in [5.74, 6) is 0.747. The Hall–Kier alpha value is -4.05. The van der Waals surface area contributed by atoms with E-state index in [2.05, 4.69) is 20.6 Å². The molecular formula is C27H30N6O4. The average molecular weight is 503 g/mol. The van der Waals surface area contributed by atoms with Crippen LogP contribution in [0.5, 0.6) is 0 Å². The van der Waals surface area contributed by atoms with Gasteiger partial charge in [0.25, 0.3) is 5.91 Å². The summed E-state index contributed by atoms with van der Waals surface area (Å²) in [7, 11) is 0. The fourth-order valence-corrected chi connectivity index (χ4v) is 4.56. The number of carbonyl (C=O) groups excluding carboxylic acids is 2. The summed E-state index contributed by atoms with van der Waals surface area (Å²) in [5, 5.41) is 22.1. The summed E-state index contributed by atoms with van der Waals surface area (Å²) in [6, 6.07) is 14.7. The van der Waals surface area contributed by atoms with E-state index in [1.54, 1.807) is 35.4 Å². The Balaban J connectivity index is 1.20. The monoisotopic (exact) mass is 502 g/mol. The SMILES string of the molecule is CC(C)(CO)n1ncc2ccc(-c3noc(C4CCN(C(=O)CNC(=O)c5ccccc5)CC4)n3)cc21. The largest absolute Gasteiger partial charge is 0.394 e. The van der Waals surface area contributed by atoms with Crippen LogP contribution in [0, 0.1) is 0 Å². The molecule has 37 heavy (non-hydrogen) atoms. The van der Waals surface area contributed by atoms with Crippen molar-refractivity contribution in [3.05, 3.63) is 66.2 Å². The maximum atomic E-state index is 12.6. The summed E-state index contributed by atoms with van der Waals surface area (Å²) in [4.78, 5) is 31.2. The van der Waals surface area contributed by atoms with Crippen molar-refractivity contribution in [1.29, 1.82) is 0 Å². The van der Waals surface area contributed by atoms with Gasteiger partial charge in [-0.2, -0.15) is 10.1 Å². The van der Waals surface area contributed by atoms with Gasteiger partial charge >= 0.3 is 0 Å². The molecule has 4 aromatic rings. The number of benzene rings is 2. The molecule has 2 amide bonds. The molecule has 2 N–H and O–H groups in total. The van der Waals surface area contributed by atoms with Crippen molar-refractivity contribution in [3.63, 3.8) is 0 Å². The second-order valence-electron chi connectivity index (χ2n) is 9.96. The van der Waals surface area contributed by atoms with Crippen molar-refractivity contribution >= 4 is 22.7 Å². The summed E-state index contributed by atoms with van der Waals surface area (Å²) < 4.78 is 7.42. The van der Waals surface area contributed by atoms with Crippen molar-refractivity contribution in [3.8, 4) is 11.4 Å². The first-order valence-electron chi connectivity index (χ1n) is 12.4. The van der Waals surface area contributed by atoms with E-state index in [0.717, 1.165) is 16.5 Å². The number of likely N-dealkylation sites (tertiary alicyclic amines) is 1. The Labute approximate surface area is 214 Å².